The van der Waals surface area contributed by atoms with E-state index in [1.807, 2.05) is 0 Å². The van der Waals surface area contributed by atoms with E-state index in [0.29, 0.717) is 0 Å². The predicted octanol–water partition coefficient (Wildman–Crippen LogP) is 2.43. The van der Waals surface area contributed by atoms with Gasteiger partial charge in [-0.1, -0.05) is 17.7 Å². The molecule has 0 aliphatic heterocycles. The average molecular weight is 221 g/mol. The molecule has 90 valence electrons. The maximum absolute atomic E-state index is 8.80. The van der Waals surface area contributed by atoms with E-state index >= 15 is 0 Å². The van der Waals surface area contributed by atoms with Crippen LogP contribution in [0.4, 0.5) is 0 Å². The van der Waals surface area contributed by atoms with Crippen molar-refractivity contribution in [1.82, 2.24) is 4.90 Å². The van der Waals surface area contributed by atoms with Crippen LogP contribution in [0.25, 0.3) is 0 Å². The number of aryl methyl sites for hydroxylation is 3. The van der Waals surface area contributed by atoms with Gasteiger partial charge in [-0.3, -0.25) is 0 Å². The summed E-state index contributed by atoms with van der Waals surface area (Å²) in [6.07, 6.45) is 0.848. The van der Waals surface area contributed by atoms with Crippen LogP contribution in [-0.2, 0) is 6.54 Å². The molecule has 0 bridgehead atoms. The van der Waals surface area contributed by atoms with Crippen LogP contribution in [0.5, 0.6) is 0 Å². The topological polar surface area (TPSA) is 23.5 Å². The van der Waals surface area contributed by atoms with Gasteiger partial charge >= 0.3 is 0 Å². The molecule has 0 heterocycles. The zero-order valence-corrected chi connectivity index (χ0v) is 10.9. The molecule has 0 aliphatic rings. The molecule has 0 spiro atoms. The van der Waals surface area contributed by atoms with Gasteiger partial charge in [0.1, 0.15) is 0 Å². The summed E-state index contributed by atoms with van der Waals surface area (Å²) in [7, 11) is 2.11. The lowest BCUT2D eigenvalue weighted by atomic mass is 9.99. The zero-order valence-electron chi connectivity index (χ0n) is 10.9. The fraction of sp³-hybridized carbons (Fsp3) is 0.571. The molecule has 16 heavy (non-hydrogen) atoms. The fourth-order valence-corrected chi connectivity index (χ4v) is 2.15. The van der Waals surface area contributed by atoms with Gasteiger partial charge in [0.2, 0.25) is 0 Å². The molecule has 0 aromatic heterocycles. The summed E-state index contributed by atoms with van der Waals surface area (Å²) in [5, 5.41) is 8.80. The van der Waals surface area contributed by atoms with Crippen LogP contribution in [-0.4, -0.2) is 30.2 Å². The SMILES string of the molecule is Cc1cc(C)c(CN(C)CCCO)c(C)c1. The quantitative estimate of drug-likeness (QED) is 0.825. The average Bonchev–Trinajstić information content (AvgIpc) is 2.20. The van der Waals surface area contributed by atoms with Gasteiger partial charge in [0, 0.05) is 19.7 Å². The number of rotatable bonds is 5. The van der Waals surface area contributed by atoms with E-state index in [1.165, 1.54) is 22.3 Å². The second kappa shape index (κ2) is 6.02. The lowest BCUT2D eigenvalue weighted by molar-refractivity contribution is 0.244. The van der Waals surface area contributed by atoms with Crippen LogP contribution < -0.4 is 0 Å². The third-order valence-electron chi connectivity index (χ3n) is 2.97. The minimum Gasteiger partial charge on any atom is -0.396 e. The molecule has 0 saturated carbocycles. The van der Waals surface area contributed by atoms with E-state index in [4.69, 9.17) is 5.11 Å². The Labute approximate surface area is 98.9 Å². The Balaban J connectivity index is 2.73. The molecular formula is C14H23NO. The number of hydrogen-bond donors (Lipinski definition) is 1. The Morgan fingerprint density at radius 1 is 1.12 bits per heavy atom. The van der Waals surface area contributed by atoms with E-state index < -0.39 is 0 Å². The molecule has 0 aliphatic carbocycles. The first-order chi connectivity index (χ1) is 7.54. The second-order valence-corrected chi connectivity index (χ2v) is 4.69. The largest absolute Gasteiger partial charge is 0.396 e. The Kier molecular flexibility index (Phi) is 4.97. The zero-order chi connectivity index (χ0) is 12.1. The highest BCUT2D eigenvalue weighted by Gasteiger charge is 2.06. The molecule has 0 unspecified atom stereocenters. The molecule has 1 aromatic rings. The van der Waals surface area contributed by atoms with Gasteiger partial charge in [-0.05, 0) is 50.9 Å². The first kappa shape index (κ1) is 13.2. The van der Waals surface area contributed by atoms with Gasteiger partial charge in [0.25, 0.3) is 0 Å². The lowest BCUT2D eigenvalue weighted by Gasteiger charge is -2.19. The van der Waals surface area contributed by atoms with Crippen LogP contribution in [0.1, 0.15) is 28.7 Å². The fourth-order valence-electron chi connectivity index (χ4n) is 2.15. The van der Waals surface area contributed by atoms with E-state index in [9.17, 15) is 0 Å². The van der Waals surface area contributed by atoms with Crippen LogP contribution in [0, 0.1) is 20.8 Å². The van der Waals surface area contributed by atoms with Gasteiger partial charge in [-0.15, -0.1) is 0 Å². The van der Waals surface area contributed by atoms with E-state index in [2.05, 4.69) is 44.9 Å². The molecule has 0 atom stereocenters. The van der Waals surface area contributed by atoms with Crippen molar-refractivity contribution in [1.29, 1.82) is 0 Å². The van der Waals surface area contributed by atoms with Crippen molar-refractivity contribution in [2.24, 2.45) is 0 Å². The van der Waals surface area contributed by atoms with Gasteiger partial charge in [-0.2, -0.15) is 0 Å². The van der Waals surface area contributed by atoms with Gasteiger partial charge in [0.05, 0.1) is 0 Å². The monoisotopic (exact) mass is 221 g/mol. The molecule has 0 radical (unpaired) electrons. The third-order valence-corrected chi connectivity index (χ3v) is 2.97. The van der Waals surface area contributed by atoms with Crippen molar-refractivity contribution >= 4 is 0 Å². The minimum atomic E-state index is 0.274. The second-order valence-electron chi connectivity index (χ2n) is 4.69. The van der Waals surface area contributed by atoms with E-state index in [-0.39, 0.29) is 6.61 Å². The van der Waals surface area contributed by atoms with Crippen LogP contribution in [0.15, 0.2) is 12.1 Å². The van der Waals surface area contributed by atoms with Gasteiger partial charge < -0.3 is 10.0 Å². The predicted molar refractivity (Wildman–Crippen MR) is 68.7 cm³/mol. The Morgan fingerprint density at radius 2 is 1.69 bits per heavy atom. The molecular weight excluding hydrogens is 198 g/mol. The molecule has 2 heteroatoms. The summed E-state index contributed by atoms with van der Waals surface area (Å²) >= 11 is 0. The van der Waals surface area contributed by atoms with Crippen molar-refractivity contribution in [3.05, 3.63) is 34.4 Å². The van der Waals surface area contributed by atoms with E-state index in [1.54, 1.807) is 0 Å². The minimum absolute atomic E-state index is 0.274. The normalized spacial score (nSPS) is 11.1. The highest BCUT2D eigenvalue weighted by molar-refractivity contribution is 5.37. The van der Waals surface area contributed by atoms with Crippen molar-refractivity contribution in [2.45, 2.75) is 33.7 Å². The van der Waals surface area contributed by atoms with Crippen molar-refractivity contribution in [3.8, 4) is 0 Å². The first-order valence-corrected chi connectivity index (χ1v) is 5.90. The standard InChI is InChI=1S/C14H23NO/c1-11-8-12(2)14(13(3)9-11)10-15(4)6-5-7-16/h8-9,16H,5-7,10H2,1-4H3. The molecule has 1 N–H and O–H groups in total. The highest BCUT2D eigenvalue weighted by Crippen LogP contribution is 2.17. The molecule has 1 rings (SSSR count). The molecule has 0 amide bonds. The Hall–Kier alpha value is -0.860. The summed E-state index contributed by atoms with van der Waals surface area (Å²) < 4.78 is 0. The highest BCUT2D eigenvalue weighted by atomic mass is 16.3. The first-order valence-electron chi connectivity index (χ1n) is 5.90. The van der Waals surface area contributed by atoms with Crippen LogP contribution >= 0.6 is 0 Å². The number of hydrogen-bond acceptors (Lipinski definition) is 2. The third kappa shape index (κ3) is 3.62. The van der Waals surface area contributed by atoms with Crippen molar-refractivity contribution in [2.75, 3.05) is 20.2 Å². The summed E-state index contributed by atoms with van der Waals surface area (Å²) in [6, 6.07) is 4.48. The maximum Gasteiger partial charge on any atom is 0.0443 e. The molecule has 2 nitrogen and oxygen atoms in total. The van der Waals surface area contributed by atoms with Crippen molar-refractivity contribution < 1.29 is 5.11 Å². The van der Waals surface area contributed by atoms with E-state index in [0.717, 1.165) is 19.5 Å². The summed E-state index contributed by atoms with van der Waals surface area (Å²) in [5.74, 6) is 0. The lowest BCUT2D eigenvalue weighted by Crippen LogP contribution is -2.21. The smallest absolute Gasteiger partial charge is 0.0443 e. The van der Waals surface area contributed by atoms with Gasteiger partial charge in [-0.25, -0.2) is 0 Å². The van der Waals surface area contributed by atoms with Crippen LogP contribution in [0.3, 0.4) is 0 Å². The van der Waals surface area contributed by atoms with Gasteiger partial charge in [0.15, 0.2) is 0 Å². The maximum atomic E-state index is 8.80. The molecule has 0 fully saturated rings. The Bertz CT molecular complexity index is 324. The number of aliphatic hydroxyl groups is 1. The summed E-state index contributed by atoms with van der Waals surface area (Å²) in [5.41, 5.74) is 5.49. The summed E-state index contributed by atoms with van der Waals surface area (Å²) in [6.45, 7) is 8.68. The number of aliphatic hydroxyl groups excluding tert-OH is 1. The number of nitrogens with zero attached hydrogens (tertiary/aromatic N) is 1. The molecule has 0 saturated heterocycles. The number of benzene rings is 1. The summed E-state index contributed by atoms with van der Waals surface area (Å²) in [4.78, 5) is 2.26. The van der Waals surface area contributed by atoms with Crippen LogP contribution in [0.2, 0.25) is 0 Å². The van der Waals surface area contributed by atoms with Crippen molar-refractivity contribution in [3.63, 3.8) is 0 Å². The molecule has 1 aromatic carbocycles. The Morgan fingerprint density at radius 3 is 2.19 bits per heavy atom.